The van der Waals surface area contributed by atoms with Gasteiger partial charge in [0.15, 0.2) is 0 Å². The normalized spacial score (nSPS) is 12.0. The molecule has 3 aromatic rings. The topological polar surface area (TPSA) is 17.1 Å². The van der Waals surface area contributed by atoms with Crippen LogP contribution in [0.1, 0.15) is 5.56 Å². The molecule has 0 saturated heterocycles. The number of hydrogen-bond donors (Lipinski definition) is 0. The standard InChI is InChI=1S/C17H11F3OS/c18-17(19,20)16(21)22-10-15-13-7-3-1-5-11(13)9-12-6-2-4-8-14(12)15/h1-9H,10H2. The summed E-state index contributed by atoms with van der Waals surface area (Å²) in [6.45, 7) is 0. The fourth-order valence-electron chi connectivity index (χ4n) is 2.48. The Morgan fingerprint density at radius 2 is 1.41 bits per heavy atom. The van der Waals surface area contributed by atoms with Crippen LogP contribution in [-0.4, -0.2) is 11.3 Å². The first-order valence-electron chi connectivity index (χ1n) is 6.60. The lowest BCUT2D eigenvalue weighted by atomic mass is 9.98. The molecule has 0 atom stereocenters. The highest BCUT2D eigenvalue weighted by Gasteiger charge is 2.38. The molecule has 0 aliphatic carbocycles. The second kappa shape index (κ2) is 5.65. The van der Waals surface area contributed by atoms with E-state index in [1.54, 1.807) is 0 Å². The molecular weight excluding hydrogens is 309 g/mol. The zero-order valence-corrected chi connectivity index (χ0v) is 12.2. The molecular formula is C17H11F3OS. The number of halogens is 3. The fraction of sp³-hybridized carbons (Fsp3) is 0.118. The molecule has 3 aromatic carbocycles. The maximum Gasteiger partial charge on any atom is 0.460 e. The van der Waals surface area contributed by atoms with Gasteiger partial charge in [-0.15, -0.1) is 0 Å². The second-order valence-corrected chi connectivity index (χ2v) is 5.82. The second-order valence-electron chi connectivity index (χ2n) is 4.87. The Labute approximate surface area is 129 Å². The van der Waals surface area contributed by atoms with Crippen LogP contribution < -0.4 is 0 Å². The van der Waals surface area contributed by atoms with Gasteiger partial charge in [0, 0.05) is 5.75 Å². The van der Waals surface area contributed by atoms with E-state index in [0.717, 1.165) is 27.1 Å². The van der Waals surface area contributed by atoms with Crippen molar-refractivity contribution >= 4 is 38.4 Å². The van der Waals surface area contributed by atoms with Gasteiger partial charge in [-0.1, -0.05) is 60.3 Å². The number of fused-ring (bicyclic) bond motifs is 2. The van der Waals surface area contributed by atoms with Gasteiger partial charge in [-0.2, -0.15) is 13.2 Å². The zero-order chi connectivity index (χ0) is 15.7. The largest absolute Gasteiger partial charge is 0.460 e. The first kappa shape index (κ1) is 14.9. The summed E-state index contributed by atoms with van der Waals surface area (Å²) in [5.41, 5.74) is 0.760. The maximum absolute atomic E-state index is 12.4. The van der Waals surface area contributed by atoms with Crippen molar-refractivity contribution in [3.63, 3.8) is 0 Å². The van der Waals surface area contributed by atoms with Crippen molar-refractivity contribution in [1.29, 1.82) is 0 Å². The van der Waals surface area contributed by atoms with E-state index in [-0.39, 0.29) is 5.75 Å². The lowest BCUT2D eigenvalue weighted by Crippen LogP contribution is -2.19. The molecule has 0 N–H and O–H groups in total. The zero-order valence-electron chi connectivity index (χ0n) is 11.4. The minimum atomic E-state index is -4.80. The van der Waals surface area contributed by atoms with Crippen LogP contribution in [0.5, 0.6) is 0 Å². The Hall–Kier alpha value is -2.01. The van der Waals surface area contributed by atoms with E-state index in [1.807, 2.05) is 54.6 Å². The molecule has 112 valence electrons. The summed E-state index contributed by atoms with van der Waals surface area (Å²) in [5, 5.41) is 1.91. The van der Waals surface area contributed by atoms with E-state index in [2.05, 4.69) is 0 Å². The summed E-state index contributed by atoms with van der Waals surface area (Å²) in [4.78, 5) is 11.1. The first-order chi connectivity index (χ1) is 10.5. The Kier molecular flexibility index (Phi) is 3.83. The molecule has 3 rings (SSSR count). The van der Waals surface area contributed by atoms with E-state index >= 15 is 0 Å². The predicted molar refractivity (Wildman–Crippen MR) is 83.8 cm³/mol. The summed E-state index contributed by atoms with van der Waals surface area (Å²) in [7, 11) is 0. The van der Waals surface area contributed by atoms with Gasteiger partial charge in [0.1, 0.15) is 0 Å². The molecule has 0 amide bonds. The Morgan fingerprint density at radius 1 is 0.909 bits per heavy atom. The number of rotatable bonds is 2. The van der Waals surface area contributed by atoms with E-state index in [4.69, 9.17) is 0 Å². The van der Waals surface area contributed by atoms with E-state index < -0.39 is 11.3 Å². The van der Waals surface area contributed by atoms with Crippen LogP contribution in [0.3, 0.4) is 0 Å². The molecule has 0 unspecified atom stereocenters. The van der Waals surface area contributed by atoms with Crippen LogP contribution in [0.2, 0.25) is 0 Å². The summed E-state index contributed by atoms with van der Waals surface area (Å²) in [6, 6.07) is 17.0. The highest BCUT2D eigenvalue weighted by atomic mass is 32.2. The number of carbonyl (C=O) groups excluding carboxylic acids is 1. The van der Waals surface area contributed by atoms with E-state index in [0.29, 0.717) is 11.8 Å². The Bertz CT molecular complexity index is 801. The number of alkyl halides is 3. The van der Waals surface area contributed by atoms with Crippen molar-refractivity contribution in [3.8, 4) is 0 Å². The smallest absolute Gasteiger partial charge is 0.277 e. The summed E-state index contributed by atoms with van der Waals surface area (Å²) < 4.78 is 37.2. The molecule has 0 aliphatic rings. The Balaban J connectivity index is 2.10. The lowest BCUT2D eigenvalue weighted by molar-refractivity contribution is -0.160. The van der Waals surface area contributed by atoms with Gasteiger partial charge < -0.3 is 0 Å². The molecule has 22 heavy (non-hydrogen) atoms. The highest BCUT2D eigenvalue weighted by Crippen LogP contribution is 2.33. The monoisotopic (exact) mass is 320 g/mol. The van der Waals surface area contributed by atoms with Gasteiger partial charge in [-0.05, 0) is 33.2 Å². The third-order valence-corrected chi connectivity index (χ3v) is 4.39. The molecule has 0 radical (unpaired) electrons. The minimum Gasteiger partial charge on any atom is -0.277 e. The molecule has 0 bridgehead atoms. The van der Waals surface area contributed by atoms with Crippen LogP contribution in [0.4, 0.5) is 13.2 Å². The maximum atomic E-state index is 12.4. The van der Waals surface area contributed by atoms with Crippen LogP contribution in [-0.2, 0) is 10.5 Å². The van der Waals surface area contributed by atoms with Crippen LogP contribution in [0.15, 0.2) is 54.6 Å². The molecule has 1 nitrogen and oxygen atoms in total. The molecule has 0 fully saturated rings. The molecule has 0 heterocycles. The molecule has 0 saturated carbocycles. The third-order valence-electron chi connectivity index (χ3n) is 3.46. The van der Waals surface area contributed by atoms with Crippen molar-refractivity contribution in [3.05, 3.63) is 60.2 Å². The van der Waals surface area contributed by atoms with Gasteiger partial charge >= 0.3 is 6.18 Å². The molecule has 0 aliphatic heterocycles. The van der Waals surface area contributed by atoms with E-state index in [1.165, 1.54) is 0 Å². The number of carbonyl (C=O) groups is 1. The van der Waals surface area contributed by atoms with Gasteiger partial charge in [-0.3, -0.25) is 4.79 Å². The fourth-order valence-corrected chi connectivity index (χ4v) is 3.23. The first-order valence-corrected chi connectivity index (χ1v) is 7.59. The Morgan fingerprint density at radius 3 is 1.91 bits per heavy atom. The predicted octanol–water partition coefficient (Wildman–Crippen LogP) is 5.32. The summed E-state index contributed by atoms with van der Waals surface area (Å²) in [6.07, 6.45) is -4.80. The van der Waals surface area contributed by atoms with Crippen molar-refractivity contribution in [2.45, 2.75) is 11.9 Å². The summed E-state index contributed by atoms with van der Waals surface area (Å²) >= 11 is 0.302. The van der Waals surface area contributed by atoms with Crippen molar-refractivity contribution < 1.29 is 18.0 Å². The van der Waals surface area contributed by atoms with Gasteiger partial charge in [0.05, 0.1) is 0 Å². The number of hydrogen-bond acceptors (Lipinski definition) is 2. The van der Waals surface area contributed by atoms with Crippen molar-refractivity contribution in [2.24, 2.45) is 0 Å². The molecule has 5 heteroatoms. The van der Waals surface area contributed by atoms with Crippen LogP contribution in [0.25, 0.3) is 21.5 Å². The van der Waals surface area contributed by atoms with Crippen LogP contribution in [0, 0.1) is 0 Å². The van der Waals surface area contributed by atoms with Gasteiger partial charge in [-0.25, -0.2) is 0 Å². The van der Waals surface area contributed by atoms with Crippen LogP contribution >= 0.6 is 11.8 Å². The highest BCUT2D eigenvalue weighted by molar-refractivity contribution is 8.13. The molecule has 0 spiro atoms. The number of thioether (sulfide) groups is 1. The van der Waals surface area contributed by atoms with Crippen molar-refractivity contribution in [2.75, 3.05) is 0 Å². The minimum absolute atomic E-state index is 0.000208. The third kappa shape index (κ3) is 2.81. The number of benzene rings is 3. The SMILES string of the molecule is O=C(SCc1c2ccccc2cc2ccccc12)C(F)(F)F. The average molecular weight is 320 g/mol. The van der Waals surface area contributed by atoms with Gasteiger partial charge in [0.25, 0.3) is 5.12 Å². The van der Waals surface area contributed by atoms with E-state index in [9.17, 15) is 18.0 Å². The van der Waals surface area contributed by atoms with Crippen molar-refractivity contribution in [1.82, 2.24) is 0 Å². The average Bonchev–Trinajstić information content (AvgIpc) is 2.50. The summed E-state index contributed by atoms with van der Waals surface area (Å²) in [5.74, 6) is 0.000208. The quantitative estimate of drug-likeness (QED) is 0.595. The lowest BCUT2D eigenvalue weighted by Gasteiger charge is -2.11. The van der Waals surface area contributed by atoms with Gasteiger partial charge in [0.2, 0.25) is 0 Å². The molecule has 0 aromatic heterocycles.